The first kappa shape index (κ1) is 23.9. The minimum absolute atomic E-state index is 0.0934. The predicted molar refractivity (Wildman–Crippen MR) is 152 cm³/mol. The predicted octanol–water partition coefficient (Wildman–Crippen LogP) is 8.05. The van der Waals surface area contributed by atoms with Crippen LogP contribution in [0.3, 0.4) is 0 Å². The molecule has 0 bridgehead atoms. The van der Waals surface area contributed by atoms with Crippen molar-refractivity contribution in [1.82, 2.24) is 0 Å². The topological polar surface area (TPSA) is 41.9 Å². The second kappa shape index (κ2) is 10.4. The number of benzene rings is 4. The largest absolute Gasteiger partial charge is 0.493 e. The minimum atomic E-state index is -0.0934. The molecule has 4 aromatic carbocycles. The number of nitrogens with zero attached hydrogens (tertiary/aromatic N) is 2. The lowest BCUT2D eigenvalue weighted by Crippen LogP contribution is -2.28. The van der Waals surface area contributed by atoms with Gasteiger partial charge < -0.3 is 4.74 Å². The van der Waals surface area contributed by atoms with Crippen LogP contribution in [0.15, 0.2) is 94.8 Å². The molecule has 1 aliphatic heterocycles. The average Bonchev–Trinajstić information content (AvgIpc) is 3.19. The minimum Gasteiger partial charge on any atom is -0.493 e. The van der Waals surface area contributed by atoms with E-state index in [1.54, 1.807) is 4.90 Å². The van der Waals surface area contributed by atoms with E-state index in [4.69, 9.17) is 9.73 Å². The number of rotatable bonds is 6. The maximum absolute atomic E-state index is 13.8. The molecular weight excluding hydrogens is 464 g/mol. The Morgan fingerprint density at radius 3 is 2.31 bits per heavy atom. The maximum Gasteiger partial charge on any atom is 0.271 e. The second-order valence-electron chi connectivity index (χ2n) is 8.86. The lowest BCUT2D eigenvalue weighted by Gasteiger charge is -2.16. The fraction of sp³-hybridized carbons (Fsp3) is 0.161. The van der Waals surface area contributed by atoms with Crippen molar-refractivity contribution in [3.8, 4) is 5.75 Å². The third-order valence-corrected chi connectivity index (χ3v) is 6.99. The summed E-state index contributed by atoms with van der Waals surface area (Å²) in [4.78, 5) is 21.0. The van der Waals surface area contributed by atoms with E-state index in [1.165, 1.54) is 17.3 Å². The van der Waals surface area contributed by atoms with E-state index in [0.29, 0.717) is 16.7 Å². The molecule has 0 unspecified atom stereocenters. The van der Waals surface area contributed by atoms with Crippen LogP contribution < -0.4 is 9.64 Å². The van der Waals surface area contributed by atoms with Gasteiger partial charge in [-0.3, -0.25) is 9.69 Å². The van der Waals surface area contributed by atoms with Crippen LogP contribution in [0, 0.1) is 13.8 Å². The van der Waals surface area contributed by atoms with Gasteiger partial charge in [0.15, 0.2) is 5.17 Å². The van der Waals surface area contributed by atoms with Crippen LogP contribution in [-0.2, 0) is 4.79 Å². The van der Waals surface area contributed by atoms with Gasteiger partial charge in [0, 0.05) is 5.56 Å². The van der Waals surface area contributed by atoms with Gasteiger partial charge in [-0.15, -0.1) is 0 Å². The van der Waals surface area contributed by atoms with E-state index < -0.39 is 0 Å². The zero-order valence-electron chi connectivity index (χ0n) is 20.7. The van der Waals surface area contributed by atoms with E-state index >= 15 is 0 Å². The van der Waals surface area contributed by atoms with Crippen LogP contribution in [0.2, 0.25) is 0 Å². The Morgan fingerprint density at radius 2 is 1.58 bits per heavy atom. The summed E-state index contributed by atoms with van der Waals surface area (Å²) in [6, 6.07) is 28.2. The SMILES string of the molecule is CCCOc1ccc2ccccc2c1/C=C1/SC(=Nc2ccc(C)cc2)N(c2ccc(C)cc2)C1=O. The molecule has 1 heterocycles. The molecule has 0 atom stereocenters. The van der Waals surface area contributed by atoms with E-state index in [0.717, 1.165) is 45.4 Å². The number of amides is 1. The molecule has 180 valence electrons. The molecule has 0 N–H and O–H groups in total. The number of thioether (sulfide) groups is 1. The van der Waals surface area contributed by atoms with Crippen molar-refractivity contribution in [3.05, 3.63) is 107 Å². The molecule has 5 rings (SSSR count). The Hall–Kier alpha value is -3.83. The Kier molecular flexibility index (Phi) is 6.92. The number of aliphatic imine (C=N–C) groups is 1. The van der Waals surface area contributed by atoms with Crippen LogP contribution in [0.5, 0.6) is 5.75 Å². The zero-order chi connectivity index (χ0) is 25.1. The van der Waals surface area contributed by atoms with Crippen molar-refractivity contribution < 1.29 is 9.53 Å². The third-order valence-electron chi connectivity index (χ3n) is 6.03. The highest BCUT2D eigenvalue weighted by molar-refractivity contribution is 8.19. The number of amidine groups is 1. The lowest BCUT2D eigenvalue weighted by molar-refractivity contribution is -0.113. The molecule has 1 fully saturated rings. The quantitative estimate of drug-likeness (QED) is 0.256. The van der Waals surface area contributed by atoms with Crippen LogP contribution in [0.1, 0.15) is 30.0 Å². The van der Waals surface area contributed by atoms with Gasteiger partial charge in [-0.1, -0.05) is 72.6 Å². The highest BCUT2D eigenvalue weighted by Crippen LogP contribution is 2.40. The van der Waals surface area contributed by atoms with E-state index in [1.807, 2.05) is 86.7 Å². The van der Waals surface area contributed by atoms with Gasteiger partial charge >= 0.3 is 0 Å². The van der Waals surface area contributed by atoms with Crippen molar-refractivity contribution >= 4 is 51.1 Å². The van der Waals surface area contributed by atoms with Crippen molar-refractivity contribution in [2.24, 2.45) is 4.99 Å². The summed E-state index contributed by atoms with van der Waals surface area (Å²) in [7, 11) is 0. The number of hydrogen-bond donors (Lipinski definition) is 0. The normalized spacial score (nSPS) is 15.9. The first-order chi connectivity index (χ1) is 17.5. The summed E-state index contributed by atoms with van der Waals surface area (Å²) in [6.45, 7) is 6.79. The second-order valence-corrected chi connectivity index (χ2v) is 9.87. The smallest absolute Gasteiger partial charge is 0.271 e. The van der Waals surface area contributed by atoms with E-state index in [2.05, 4.69) is 25.1 Å². The summed E-state index contributed by atoms with van der Waals surface area (Å²) < 4.78 is 6.09. The van der Waals surface area contributed by atoms with Crippen LogP contribution >= 0.6 is 11.8 Å². The Labute approximate surface area is 216 Å². The molecule has 0 saturated carbocycles. The molecule has 0 spiro atoms. The Bertz CT molecular complexity index is 1470. The molecule has 4 nitrogen and oxygen atoms in total. The molecule has 4 aromatic rings. The number of carbonyl (C=O) groups excluding carboxylic acids is 1. The lowest BCUT2D eigenvalue weighted by atomic mass is 10.0. The van der Waals surface area contributed by atoms with Crippen LogP contribution in [0.4, 0.5) is 11.4 Å². The molecular formula is C31H28N2O2S. The van der Waals surface area contributed by atoms with Crippen LogP contribution in [0.25, 0.3) is 16.8 Å². The van der Waals surface area contributed by atoms with Crippen molar-refractivity contribution in [3.63, 3.8) is 0 Å². The van der Waals surface area contributed by atoms with Gasteiger partial charge in [-0.25, -0.2) is 4.99 Å². The van der Waals surface area contributed by atoms with Gasteiger partial charge in [0.05, 0.1) is 22.9 Å². The number of anilines is 1. The zero-order valence-corrected chi connectivity index (χ0v) is 21.5. The fourth-order valence-corrected chi connectivity index (χ4v) is 5.08. The fourth-order valence-electron chi connectivity index (χ4n) is 4.09. The molecule has 5 heteroatoms. The summed E-state index contributed by atoms with van der Waals surface area (Å²) in [5.41, 5.74) is 4.83. The van der Waals surface area contributed by atoms with Crippen molar-refractivity contribution in [2.75, 3.05) is 11.5 Å². The molecule has 1 aliphatic rings. The van der Waals surface area contributed by atoms with E-state index in [-0.39, 0.29) is 5.91 Å². The van der Waals surface area contributed by atoms with Crippen LogP contribution in [-0.4, -0.2) is 17.7 Å². The molecule has 1 amide bonds. The summed E-state index contributed by atoms with van der Waals surface area (Å²) in [6.07, 6.45) is 2.87. The highest BCUT2D eigenvalue weighted by Gasteiger charge is 2.35. The maximum atomic E-state index is 13.8. The molecule has 0 aliphatic carbocycles. The summed E-state index contributed by atoms with van der Waals surface area (Å²) >= 11 is 1.39. The third kappa shape index (κ3) is 4.93. The first-order valence-corrected chi connectivity index (χ1v) is 13.0. The van der Waals surface area contributed by atoms with Gasteiger partial charge in [-0.05, 0) is 79.2 Å². The van der Waals surface area contributed by atoms with Crippen molar-refractivity contribution in [1.29, 1.82) is 0 Å². The Morgan fingerprint density at radius 1 is 0.889 bits per heavy atom. The van der Waals surface area contributed by atoms with E-state index in [9.17, 15) is 4.79 Å². The number of ether oxygens (including phenoxy) is 1. The monoisotopic (exact) mass is 492 g/mol. The molecule has 0 aromatic heterocycles. The number of aryl methyl sites for hydroxylation is 2. The van der Waals surface area contributed by atoms with Gasteiger partial charge in [0.2, 0.25) is 0 Å². The summed E-state index contributed by atoms with van der Waals surface area (Å²) in [5.74, 6) is 0.686. The number of carbonyl (C=O) groups is 1. The molecule has 0 radical (unpaired) electrons. The highest BCUT2D eigenvalue weighted by atomic mass is 32.2. The molecule has 36 heavy (non-hydrogen) atoms. The Balaban J connectivity index is 1.63. The first-order valence-electron chi connectivity index (χ1n) is 12.1. The number of hydrogen-bond acceptors (Lipinski definition) is 4. The standard InChI is InChI=1S/C31H28N2O2S/c1-4-19-35-28-18-13-23-7-5-6-8-26(23)27(28)20-29-30(34)33(25-16-11-22(3)12-17-25)31(36-29)32-24-14-9-21(2)10-15-24/h5-18,20H,4,19H2,1-3H3/b29-20+,32-31?. The van der Waals surface area contributed by atoms with Crippen molar-refractivity contribution in [2.45, 2.75) is 27.2 Å². The van der Waals surface area contributed by atoms with Gasteiger partial charge in [0.25, 0.3) is 5.91 Å². The number of fused-ring (bicyclic) bond motifs is 1. The van der Waals surface area contributed by atoms with Gasteiger partial charge in [-0.2, -0.15) is 0 Å². The average molecular weight is 493 g/mol. The summed E-state index contributed by atoms with van der Waals surface area (Å²) in [5, 5.41) is 2.79. The molecule has 1 saturated heterocycles. The van der Waals surface area contributed by atoms with Gasteiger partial charge in [0.1, 0.15) is 5.75 Å².